The topological polar surface area (TPSA) is 56.2 Å². The average molecular weight is 315 g/mol. The van der Waals surface area contributed by atoms with E-state index in [9.17, 15) is 4.79 Å². The van der Waals surface area contributed by atoms with E-state index in [1.807, 2.05) is 26.0 Å². The molecule has 0 saturated carbocycles. The molecule has 0 aliphatic carbocycles. The van der Waals surface area contributed by atoms with E-state index in [0.717, 1.165) is 12.1 Å². The molecule has 1 amide bonds. The normalized spacial score (nSPS) is 10.6. The highest BCUT2D eigenvalue weighted by atomic mass is 16.5. The van der Waals surface area contributed by atoms with Crippen LogP contribution in [0.5, 0.6) is 5.88 Å². The van der Waals surface area contributed by atoms with Crippen LogP contribution in [0.4, 0.5) is 5.69 Å². The van der Waals surface area contributed by atoms with Gasteiger partial charge in [0.25, 0.3) is 5.91 Å². The zero-order valence-electron chi connectivity index (χ0n) is 14.1. The molecule has 5 heteroatoms. The van der Waals surface area contributed by atoms with E-state index in [0.29, 0.717) is 24.6 Å². The lowest BCUT2D eigenvalue weighted by Crippen LogP contribution is -2.12. The number of hydrogen-bond acceptors (Lipinski definition) is 3. The Labute approximate surface area is 137 Å². The van der Waals surface area contributed by atoms with E-state index < -0.39 is 0 Å². The fourth-order valence-electron chi connectivity index (χ4n) is 2.30. The Morgan fingerprint density at radius 1 is 1.22 bits per heavy atom. The summed E-state index contributed by atoms with van der Waals surface area (Å²) in [6, 6.07) is 8.00. The van der Waals surface area contributed by atoms with Crippen LogP contribution in [0.25, 0.3) is 0 Å². The zero-order chi connectivity index (χ0) is 16.7. The third-order valence-corrected chi connectivity index (χ3v) is 3.61. The van der Waals surface area contributed by atoms with Crippen LogP contribution in [0, 0.1) is 0 Å². The largest absolute Gasteiger partial charge is 0.476 e. The number of benzene rings is 1. The quantitative estimate of drug-likeness (QED) is 0.804. The monoisotopic (exact) mass is 315 g/mol. The first-order valence-corrected chi connectivity index (χ1v) is 8.28. The summed E-state index contributed by atoms with van der Waals surface area (Å²) in [6.07, 6.45) is 5.15. The van der Waals surface area contributed by atoms with Gasteiger partial charge in [-0.25, -0.2) is 0 Å². The number of aromatic nitrogens is 2. The minimum atomic E-state index is -0.200. The molecule has 2 rings (SSSR count). The number of ether oxygens (including phenoxy) is 1. The highest BCUT2D eigenvalue weighted by Gasteiger charge is 2.17. The van der Waals surface area contributed by atoms with Crippen molar-refractivity contribution in [2.75, 3.05) is 11.9 Å². The third-order valence-electron chi connectivity index (χ3n) is 3.61. The number of amides is 1. The summed E-state index contributed by atoms with van der Waals surface area (Å²) in [7, 11) is 0. The van der Waals surface area contributed by atoms with Crippen LogP contribution in [0.2, 0.25) is 0 Å². The maximum absolute atomic E-state index is 12.5. The van der Waals surface area contributed by atoms with Gasteiger partial charge < -0.3 is 10.1 Å². The maximum atomic E-state index is 12.5. The minimum Gasteiger partial charge on any atom is -0.476 e. The molecule has 0 atom stereocenters. The molecule has 0 spiro atoms. The molecule has 0 radical (unpaired) electrons. The van der Waals surface area contributed by atoms with Crippen LogP contribution in [-0.2, 0) is 13.0 Å². The van der Waals surface area contributed by atoms with Gasteiger partial charge in [0.1, 0.15) is 5.56 Å². The molecule has 0 aliphatic heterocycles. The number of rotatable bonds is 8. The highest BCUT2D eigenvalue weighted by molar-refractivity contribution is 6.05. The van der Waals surface area contributed by atoms with Gasteiger partial charge in [-0.3, -0.25) is 9.48 Å². The van der Waals surface area contributed by atoms with E-state index in [2.05, 4.69) is 29.5 Å². The Morgan fingerprint density at radius 2 is 1.96 bits per heavy atom. The summed E-state index contributed by atoms with van der Waals surface area (Å²) < 4.78 is 7.15. The molecule has 1 aromatic carbocycles. The Bertz CT molecular complexity index is 632. The summed E-state index contributed by atoms with van der Waals surface area (Å²) in [6.45, 7) is 7.20. The second-order valence-corrected chi connectivity index (χ2v) is 5.39. The molecule has 0 aliphatic rings. The van der Waals surface area contributed by atoms with E-state index in [-0.39, 0.29) is 5.91 Å². The number of hydrogen-bond donors (Lipinski definition) is 1. The third kappa shape index (κ3) is 4.58. The molecular weight excluding hydrogens is 290 g/mol. The van der Waals surface area contributed by atoms with Gasteiger partial charge >= 0.3 is 0 Å². The lowest BCUT2D eigenvalue weighted by molar-refractivity contribution is 0.102. The Kier molecular flexibility index (Phi) is 6.20. The summed E-state index contributed by atoms with van der Waals surface area (Å²) >= 11 is 0. The molecule has 0 fully saturated rings. The molecule has 1 N–H and O–H groups in total. The summed E-state index contributed by atoms with van der Waals surface area (Å²) in [5, 5.41) is 7.17. The molecule has 1 aromatic heterocycles. The van der Waals surface area contributed by atoms with Crippen LogP contribution >= 0.6 is 0 Å². The average Bonchev–Trinajstić information content (AvgIpc) is 2.98. The predicted octanol–water partition coefficient (Wildman–Crippen LogP) is 3.90. The van der Waals surface area contributed by atoms with Crippen LogP contribution < -0.4 is 10.1 Å². The highest BCUT2D eigenvalue weighted by Crippen LogP contribution is 2.19. The van der Waals surface area contributed by atoms with Crippen molar-refractivity contribution in [2.45, 2.75) is 46.6 Å². The summed E-state index contributed by atoms with van der Waals surface area (Å²) in [4.78, 5) is 12.5. The minimum absolute atomic E-state index is 0.200. The van der Waals surface area contributed by atoms with Gasteiger partial charge in [0.05, 0.1) is 6.61 Å². The van der Waals surface area contributed by atoms with Crippen molar-refractivity contribution in [2.24, 2.45) is 0 Å². The summed E-state index contributed by atoms with van der Waals surface area (Å²) in [5.41, 5.74) is 2.53. The molecule has 23 heavy (non-hydrogen) atoms. The first-order valence-electron chi connectivity index (χ1n) is 8.28. The van der Waals surface area contributed by atoms with E-state index in [1.165, 1.54) is 18.4 Å². The van der Waals surface area contributed by atoms with Crippen molar-refractivity contribution in [1.82, 2.24) is 9.78 Å². The van der Waals surface area contributed by atoms with Crippen LogP contribution in [0.15, 0.2) is 30.5 Å². The number of unbranched alkanes of at least 4 members (excludes halogenated alkanes) is 1. The summed E-state index contributed by atoms with van der Waals surface area (Å²) in [5.74, 6) is 0.181. The SMILES string of the molecule is CCCCc1ccc(NC(=O)c2cn(CC)nc2OCC)cc1. The van der Waals surface area contributed by atoms with Crippen molar-refractivity contribution < 1.29 is 9.53 Å². The Morgan fingerprint density at radius 3 is 2.57 bits per heavy atom. The van der Waals surface area contributed by atoms with E-state index in [4.69, 9.17) is 4.74 Å². The van der Waals surface area contributed by atoms with Crippen LogP contribution in [0.3, 0.4) is 0 Å². The number of nitrogens with one attached hydrogen (secondary N) is 1. The lowest BCUT2D eigenvalue weighted by atomic mass is 10.1. The zero-order valence-corrected chi connectivity index (χ0v) is 14.1. The second kappa shape index (κ2) is 8.36. The van der Waals surface area contributed by atoms with Gasteiger partial charge in [0.15, 0.2) is 0 Å². The van der Waals surface area contributed by atoms with Crippen molar-refractivity contribution in [3.63, 3.8) is 0 Å². The first kappa shape index (κ1) is 17.1. The first-order chi connectivity index (χ1) is 11.2. The number of anilines is 1. The smallest absolute Gasteiger partial charge is 0.262 e. The van der Waals surface area contributed by atoms with Gasteiger partial charge in [-0.05, 0) is 44.4 Å². The van der Waals surface area contributed by atoms with Crippen LogP contribution in [0.1, 0.15) is 49.5 Å². The van der Waals surface area contributed by atoms with E-state index in [1.54, 1.807) is 10.9 Å². The molecule has 0 saturated heterocycles. The van der Waals surface area contributed by atoms with Crippen molar-refractivity contribution in [1.29, 1.82) is 0 Å². The standard InChI is InChI=1S/C18H25N3O2/c1-4-7-8-14-9-11-15(12-10-14)19-17(22)16-13-21(5-2)20-18(16)23-6-3/h9-13H,4-8H2,1-3H3,(H,19,22). The number of carbonyl (C=O) groups is 1. The lowest BCUT2D eigenvalue weighted by Gasteiger charge is -2.07. The van der Waals surface area contributed by atoms with Gasteiger partial charge in [0.2, 0.25) is 5.88 Å². The van der Waals surface area contributed by atoms with Gasteiger partial charge in [-0.2, -0.15) is 0 Å². The fraction of sp³-hybridized carbons (Fsp3) is 0.444. The van der Waals surface area contributed by atoms with Crippen molar-refractivity contribution in [3.05, 3.63) is 41.6 Å². The van der Waals surface area contributed by atoms with Crippen molar-refractivity contribution in [3.8, 4) is 5.88 Å². The Hall–Kier alpha value is -2.30. The molecular formula is C18H25N3O2. The van der Waals surface area contributed by atoms with Gasteiger partial charge in [0, 0.05) is 18.4 Å². The fourth-order valence-corrected chi connectivity index (χ4v) is 2.30. The molecule has 0 bridgehead atoms. The molecule has 2 aromatic rings. The van der Waals surface area contributed by atoms with Crippen molar-refractivity contribution >= 4 is 11.6 Å². The second-order valence-electron chi connectivity index (χ2n) is 5.39. The predicted molar refractivity (Wildman–Crippen MR) is 92.1 cm³/mol. The molecule has 0 unspecified atom stereocenters. The molecule has 5 nitrogen and oxygen atoms in total. The van der Waals surface area contributed by atoms with Gasteiger partial charge in [-0.1, -0.05) is 25.5 Å². The Balaban J connectivity index is 2.07. The number of nitrogens with zero attached hydrogens (tertiary/aromatic N) is 2. The maximum Gasteiger partial charge on any atom is 0.262 e. The van der Waals surface area contributed by atoms with Gasteiger partial charge in [-0.15, -0.1) is 5.10 Å². The molecule has 124 valence electrons. The van der Waals surface area contributed by atoms with E-state index >= 15 is 0 Å². The number of aryl methyl sites for hydroxylation is 2. The number of carbonyl (C=O) groups excluding carboxylic acids is 1. The molecule has 1 heterocycles. The van der Waals surface area contributed by atoms with Crippen LogP contribution in [-0.4, -0.2) is 22.3 Å².